The number of alkyl carbamates (subject to hydrolysis) is 1. The number of nitrogens with one attached hydrogen (secondary N) is 1. The predicted molar refractivity (Wildman–Crippen MR) is 112 cm³/mol. The molecule has 1 amide bonds. The molecule has 164 valence electrons. The van der Waals surface area contributed by atoms with Crippen LogP contribution in [0.3, 0.4) is 0 Å². The Morgan fingerprint density at radius 1 is 1.13 bits per heavy atom. The minimum absolute atomic E-state index is 0.0276. The number of nitrogens with zero attached hydrogens (tertiary/aromatic N) is 1. The summed E-state index contributed by atoms with van der Waals surface area (Å²) < 4.78 is 33.8. The lowest BCUT2D eigenvalue weighted by Crippen LogP contribution is -2.44. The number of hydrogen-bond donors (Lipinski definition) is 2. The molecule has 0 bridgehead atoms. The third-order valence-electron chi connectivity index (χ3n) is 4.62. The minimum atomic E-state index is -1.20. The number of rotatable bonds is 6. The lowest BCUT2D eigenvalue weighted by atomic mass is 10.1. The second-order valence-corrected chi connectivity index (χ2v) is 8.29. The Morgan fingerprint density at radius 2 is 1.84 bits per heavy atom. The molecule has 0 saturated heterocycles. The first-order chi connectivity index (χ1) is 14.5. The molecule has 1 aromatic heterocycles. The quantitative estimate of drug-likeness (QED) is 0.604. The number of aromatic nitrogens is 1. The molecule has 1 atom stereocenters. The van der Waals surface area contributed by atoms with E-state index in [2.05, 4.69) is 5.32 Å². The Bertz CT molecular complexity index is 1120. The van der Waals surface area contributed by atoms with Crippen molar-refractivity contribution in [3.63, 3.8) is 0 Å². The third-order valence-corrected chi connectivity index (χ3v) is 4.62. The van der Waals surface area contributed by atoms with Crippen molar-refractivity contribution in [1.29, 1.82) is 0 Å². The highest BCUT2D eigenvalue weighted by Crippen LogP contribution is 2.24. The number of hydrogen-bond acceptors (Lipinski definition) is 3. The van der Waals surface area contributed by atoms with Crippen molar-refractivity contribution >= 4 is 23.0 Å². The molecule has 0 aliphatic rings. The van der Waals surface area contributed by atoms with Crippen LogP contribution >= 0.6 is 0 Å². The van der Waals surface area contributed by atoms with E-state index in [1.54, 1.807) is 27.0 Å². The van der Waals surface area contributed by atoms with Crippen LogP contribution in [0.2, 0.25) is 0 Å². The maximum absolute atomic E-state index is 13.6. The second-order valence-electron chi connectivity index (χ2n) is 8.29. The van der Waals surface area contributed by atoms with Crippen molar-refractivity contribution in [1.82, 2.24) is 9.88 Å². The summed E-state index contributed by atoms with van der Waals surface area (Å²) in [5.74, 6) is -3.04. The molecule has 0 saturated carbocycles. The smallest absolute Gasteiger partial charge is 0.408 e. The highest BCUT2D eigenvalue weighted by molar-refractivity contribution is 5.86. The van der Waals surface area contributed by atoms with E-state index in [1.165, 1.54) is 6.07 Å². The van der Waals surface area contributed by atoms with Crippen LogP contribution in [-0.4, -0.2) is 33.4 Å². The molecule has 1 unspecified atom stereocenters. The van der Waals surface area contributed by atoms with Crippen LogP contribution in [0.1, 0.15) is 31.9 Å². The van der Waals surface area contributed by atoms with Crippen molar-refractivity contribution in [3.8, 4) is 0 Å². The van der Waals surface area contributed by atoms with Crippen LogP contribution in [0.25, 0.3) is 10.9 Å². The van der Waals surface area contributed by atoms with E-state index < -0.39 is 35.3 Å². The van der Waals surface area contributed by atoms with Gasteiger partial charge in [-0.15, -0.1) is 0 Å². The zero-order chi connectivity index (χ0) is 22.8. The summed E-state index contributed by atoms with van der Waals surface area (Å²) in [4.78, 5) is 23.8. The lowest BCUT2D eigenvalue weighted by Gasteiger charge is -2.22. The standard InChI is InChI=1S/C23H24F2N2O4/c1-23(2,3)31-22(30)26-19(21(28)29)11-15-13-27(20-7-5-4-6-16(15)20)12-14-8-9-17(24)18(25)10-14/h4-10,13,19H,11-12H2,1-3H3,(H,26,30)(H,28,29). The highest BCUT2D eigenvalue weighted by atomic mass is 19.2. The number of carboxylic acid groups (broad SMARTS) is 1. The van der Waals surface area contributed by atoms with Crippen LogP contribution < -0.4 is 5.32 Å². The van der Waals surface area contributed by atoms with E-state index >= 15 is 0 Å². The largest absolute Gasteiger partial charge is 0.480 e. The number of aliphatic carboxylic acids is 1. The van der Waals surface area contributed by atoms with Gasteiger partial charge in [0.1, 0.15) is 11.6 Å². The number of para-hydroxylation sites is 1. The number of ether oxygens (including phenoxy) is 1. The van der Waals surface area contributed by atoms with E-state index in [1.807, 2.05) is 28.8 Å². The molecule has 0 fully saturated rings. The molecule has 1 heterocycles. The average molecular weight is 430 g/mol. The minimum Gasteiger partial charge on any atom is -0.480 e. The van der Waals surface area contributed by atoms with E-state index in [-0.39, 0.29) is 13.0 Å². The van der Waals surface area contributed by atoms with Gasteiger partial charge in [-0.1, -0.05) is 24.3 Å². The third kappa shape index (κ3) is 5.59. The summed E-state index contributed by atoms with van der Waals surface area (Å²) in [6.07, 6.45) is 0.976. The molecule has 0 spiro atoms. The van der Waals surface area contributed by atoms with Gasteiger partial charge in [0.15, 0.2) is 11.6 Å². The Labute approximate surface area is 178 Å². The topological polar surface area (TPSA) is 80.6 Å². The normalized spacial score (nSPS) is 12.5. The van der Waals surface area contributed by atoms with Gasteiger partial charge >= 0.3 is 12.1 Å². The van der Waals surface area contributed by atoms with Crippen LogP contribution in [0.15, 0.2) is 48.7 Å². The number of carbonyl (C=O) groups is 2. The summed E-state index contributed by atoms with van der Waals surface area (Å²) >= 11 is 0. The molecule has 6 nitrogen and oxygen atoms in total. The van der Waals surface area contributed by atoms with Gasteiger partial charge in [0.2, 0.25) is 0 Å². The van der Waals surface area contributed by atoms with E-state index in [0.717, 1.165) is 23.0 Å². The molecule has 31 heavy (non-hydrogen) atoms. The lowest BCUT2D eigenvalue weighted by molar-refractivity contribution is -0.139. The van der Waals surface area contributed by atoms with Gasteiger partial charge in [-0.05, 0) is 50.1 Å². The van der Waals surface area contributed by atoms with Crippen LogP contribution in [0.4, 0.5) is 13.6 Å². The van der Waals surface area contributed by atoms with Crippen molar-refractivity contribution in [2.75, 3.05) is 0 Å². The second kappa shape index (κ2) is 8.75. The van der Waals surface area contributed by atoms with Gasteiger partial charge in [-0.2, -0.15) is 0 Å². The molecule has 2 aromatic carbocycles. The Morgan fingerprint density at radius 3 is 2.48 bits per heavy atom. The molecule has 0 aliphatic heterocycles. The maximum atomic E-state index is 13.6. The van der Waals surface area contributed by atoms with E-state index in [4.69, 9.17) is 4.74 Å². The first kappa shape index (κ1) is 22.3. The van der Waals surface area contributed by atoms with Crippen LogP contribution in [0.5, 0.6) is 0 Å². The summed E-state index contributed by atoms with van der Waals surface area (Å²) in [7, 11) is 0. The van der Waals surface area contributed by atoms with E-state index in [9.17, 15) is 23.5 Å². The van der Waals surface area contributed by atoms with E-state index in [0.29, 0.717) is 11.1 Å². The predicted octanol–water partition coefficient (Wildman–Crippen LogP) is 4.49. The summed E-state index contributed by atoms with van der Waals surface area (Å²) in [5, 5.41) is 12.8. The first-order valence-corrected chi connectivity index (χ1v) is 9.76. The molecular weight excluding hydrogens is 406 g/mol. The molecule has 3 aromatic rings. The zero-order valence-corrected chi connectivity index (χ0v) is 17.5. The first-order valence-electron chi connectivity index (χ1n) is 9.76. The number of amides is 1. The number of benzene rings is 2. The fraction of sp³-hybridized carbons (Fsp3) is 0.304. The average Bonchev–Trinajstić information content (AvgIpc) is 3.00. The number of halogens is 2. The van der Waals surface area contributed by atoms with Crippen molar-refractivity contribution in [2.24, 2.45) is 0 Å². The molecule has 3 rings (SSSR count). The van der Waals surface area contributed by atoms with Crippen molar-refractivity contribution < 1.29 is 28.2 Å². The van der Waals surface area contributed by atoms with Crippen molar-refractivity contribution in [3.05, 3.63) is 71.4 Å². The Kier molecular flexibility index (Phi) is 6.29. The molecule has 8 heteroatoms. The highest BCUT2D eigenvalue weighted by Gasteiger charge is 2.25. The summed E-state index contributed by atoms with van der Waals surface area (Å²) in [6.45, 7) is 5.34. The molecule has 0 radical (unpaired) electrons. The maximum Gasteiger partial charge on any atom is 0.408 e. The van der Waals surface area contributed by atoms with Gasteiger partial charge in [-0.3, -0.25) is 0 Å². The number of carboxylic acids is 1. The van der Waals surface area contributed by atoms with Gasteiger partial charge in [0.25, 0.3) is 0 Å². The SMILES string of the molecule is CC(C)(C)OC(=O)NC(Cc1cn(Cc2ccc(F)c(F)c2)c2ccccc12)C(=O)O. The van der Waals surface area contributed by atoms with Gasteiger partial charge < -0.3 is 19.7 Å². The fourth-order valence-electron chi connectivity index (χ4n) is 3.32. The van der Waals surface area contributed by atoms with Crippen LogP contribution in [-0.2, 0) is 22.5 Å². The fourth-order valence-corrected chi connectivity index (χ4v) is 3.32. The molecular formula is C23H24F2N2O4. The summed E-state index contributed by atoms with van der Waals surface area (Å²) in [6, 6.07) is 9.87. The van der Waals surface area contributed by atoms with Crippen molar-refractivity contribution in [2.45, 2.75) is 45.4 Å². The van der Waals surface area contributed by atoms with Gasteiger partial charge in [-0.25, -0.2) is 18.4 Å². The Hall–Kier alpha value is -3.42. The monoisotopic (exact) mass is 430 g/mol. The van der Waals surface area contributed by atoms with Gasteiger partial charge in [0.05, 0.1) is 0 Å². The van der Waals surface area contributed by atoms with Crippen LogP contribution in [0, 0.1) is 11.6 Å². The number of carbonyl (C=O) groups excluding carboxylic acids is 1. The van der Waals surface area contributed by atoms with Gasteiger partial charge in [0, 0.05) is 30.1 Å². The summed E-state index contributed by atoms with van der Waals surface area (Å²) in [5.41, 5.74) is 1.31. The Balaban J connectivity index is 1.88. The molecule has 2 N–H and O–H groups in total. The molecule has 0 aliphatic carbocycles. The zero-order valence-electron chi connectivity index (χ0n) is 17.5. The number of fused-ring (bicyclic) bond motifs is 1.